The topological polar surface area (TPSA) is 24.9 Å². The Morgan fingerprint density at radius 1 is 0.806 bits per heavy atom. The predicted octanol–water partition coefficient (Wildman–Crippen LogP) is 8.30. The van der Waals surface area contributed by atoms with E-state index in [1.165, 1.54) is 33.5 Å². The van der Waals surface area contributed by atoms with Gasteiger partial charge in [-0.15, -0.1) is 0 Å². The molecule has 0 amide bonds. The fourth-order valence-electron chi connectivity index (χ4n) is 4.13. The Bertz CT molecular complexity index is 1200. The third-order valence-electron chi connectivity index (χ3n) is 5.65. The van der Waals surface area contributed by atoms with Gasteiger partial charge in [0.2, 0.25) is 0 Å². The zero-order valence-corrected chi connectivity index (χ0v) is 19.2. The number of benzene rings is 3. The summed E-state index contributed by atoms with van der Waals surface area (Å²) in [7, 11) is 0. The maximum absolute atomic E-state index is 6.18. The zero-order chi connectivity index (χ0) is 22.0. The second-order valence-electron chi connectivity index (χ2n) is 8.06. The second-order valence-corrected chi connectivity index (χ2v) is 8.50. The van der Waals surface area contributed by atoms with Gasteiger partial charge in [0, 0.05) is 28.2 Å². The van der Waals surface area contributed by atoms with Crippen molar-refractivity contribution in [3.8, 4) is 22.4 Å². The molecule has 1 heterocycles. The van der Waals surface area contributed by atoms with Crippen LogP contribution in [-0.4, -0.2) is 4.98 Å². The van der Waals surface area contributed by atoms with E-state index in [4.69, 9.17) is 11.6 Å². The van der Waals surface area contributed by atoms with Crippen LogP contribution in [0.2, 0.25) is 5.02 Å². The highest BCUT2D eigenvalue weighted by Gasteiger charge is 2.09. The number of pyridine rings is 1. The highest BCUT2D eigenvalue weighted by molar-refractivity contribution is 6.30. The lowest BCUT2D eigenvalue weighted by atomic mass is 9.99. The Balaban J connectivity index is 1.61. The molecule has 3 heteroatoms. The van der Waals surface area contributed by atoms with Gasteiger partial charge in [0.05, 0.1) is 5.69 Å². The molecule has 0 unspecified atom stereocenters. The first-order valence-corrected chi connectivity index (χ1v) is 11.0. The average Bonchev–Trinajstić information content (AvgIpc) is 2.76. The molecular formula is C28H27ClN2. The van der Waals surface area contributed by atoms with Crippen LogP contribution >= 0.6 is 11.6 Å². The van der Waals surface area contributed by atoms with Crippen LogP contribution in [0.1, 0.15) is 29.2 Å². The largest absolute Gasteiger partial charge is 0.355 e. The van der Waals surface area contributed by atoms with Crippen molar-refractivity contribution in [3.63, 3.8) is 0 Å². The predicted molar refractivity (Wildman–Crippen MR) is 133 cm³/mol. The Labute approximate surface area is 190 Å². The van der Waals surface area contributed by atoms with E-state index in [0.29, 0.717) is 0 Å². The number of hydrogen-bond donors (Lipinski definition) is 1. The number of nitrogens with one attached hydrogen (secondary N) is 1. The summed E-state index contributed by atoms with van der Waals surface area (Å²) in [4.78, 5) is 4.62. The van der Waals surface area contributed by atoms with Crippen LogP contribution in [0.3, 0.4) is 0 Å². The summed E-state index contributed by atoms with van der Waals surface area (Å²) in [5.41, 5.74) is 11.7. The molecule has 4 rings (SSSR count). The Hall–Kier alpha value is -3.10. The molecule has 4 aromatic rings. The monoisotopic (exact) mass is 426 g/mol. The minimum absolute atomic E-state index is 0.763. The van der Waals surface area contributed by atoms with Crippen LogP contribution < -0.4 is 5.32 Å². The van der Waals surface area contributed by atoms with Gasteiger partial charge in [-0.1, -0.05) is 54.4 Å². The van der Waals surface area contributed by atoms with E-state index in [1.807, 2.05) is 18.3 Å². The molecule has 3 aromatic carbocycles. The highest BCUT2D eigenvalue weighted by Crippen LogP contribution is 2.31. The minimum atomic E-state index is 0.763. The maximum Gasteiger partial charge on any atom is 0.0710 e. The van der Waals surface area contributed by atoms with E-state index in [2.05, 4.69) is 92.6 Å². The van der Waals surface area contributed by atoms with Gasteiger partial charge in [0.1, 0.15) is 0 Å². The fourth-order valence-corrected chi connectivity index (χ4v) is 4.32. The summed E-state index contributed by atoms with van der Waals surface area (Å²) in [6, 6.07) is 23.2. The van der Waals surface area contributed by atoms with Crippen molar-refractivity contribution in [1.82, 2.24) is 4.98 Å². The Morgan fingerprint density at radius 3 is 2.19 bits per heavy atom. The minimum Gasteiger partial charge on any atom is -0.355 e. The van der Waals surface area contributed by atoms with E-state index in [0.717, 1.165) is 34.0 Å². The first-order chi connectivity index (χ1) is 14.9. The molecule has 0 radical (unpaired) electrons. The summed E-state index contributed by atoms with van der Waals surface area (Å²) in [5, 5.41) is 4.34. The number of aryl methyl sites for hydroxylation is 4. The average molecular weight is 427 g/mol. The van der Waals surface area contributed by atoms with Crippen LogP contribution in [0.15, 0.2) is 72.9 Å². The molecule has 1 N–H and O–H groups in total. The second kappa shape index (κ2) is 8.95. The van der Waals surface area contributed by atoms with E-state index in [-0.39, 0.29) is 0 Å². The van der Waals surface area contributed by atoms with Gasteiger partial charge in [-0.2, -0.15) is 0 Å². The lowest BCUT2D eigenvalue weighted by Gasteiger charge is -2.14. The first-order valence-electron chi connectivity index (χ1n) is 10.6. The quantitative estimate of drug-likeness (QED) is 0.347. The van der Waals surface area contributed by atoms with Gasteiger partial charge in [-0.3, -0.25) is 4.98 Å². The molecule has 0 aliphatic rings. The molecule has 0 aliphatic heterocycles. The van der Waals surface area contributed by atoms with E-state index in [9.17, 15) is 0 Å². The Morgan fingerprint density at radius 2 is 1.52 bits per heavy atom. The number of anilines is 2. The molecule has 31 heavy (non-hydrogen) atoms. The SMILES string of the molecule is CCc1cc(Cl)ccc1-c1cc(-c2ccc(Nc3c(C)cc(C)cc3C)cc2)ccn1. The molecule has 0 saturated carbocycles. The smallest absolute Gasteiger partial charge is 0.0710 e. The van der Waals surface area contributed by atoms with Crippen molar-refractivity contribution >= 4 is 23.0 Å². The third-order valence-corrected chi connectivity index (χ3v) is 5.88. The van der Waals surface area contributed by atoms with Crippen LogP contribution in [0.5, 0.6) is 0 Å². The summed E-state index contributed by atoms with van der Waals surface area (Å²) in [6.45, 7) is 8.57. The molecule has 2 nitrogen and oxygen atoms in total. The molecule has 0 fully saturated rings. The number of rotatable bonds is 5. The van der Waals surface area contributed by atoms with Crippen molar-refractivity contribution in [2.24, 2.45) is 0 Å². The summed E-state index contributed by atoms with van der Waals surface area (Å²) in [5.74, 6) is 0. The van der Waals surface area contributed by atoms with Gasteiger partial charge >= 0.3 is 0 Å². The zero-order valence-electron chi connectivity index (χ0n) is 18.5. The molecule has 0 spiro atoms. The Kier molecular flexibility index (Phi) is 6.11. The lowest BCUT2D eigenvalue weighted by Crippen LogP contribution is -1.97. The van der Waals surface area contributed by atoms with Crippen molar-refractivity contribution in [3.05, 3.63) is 100 Å². The molecule has 0 atom stereocenters. The van der Waals surface area contributed by atoms with Gasteiger partial charge in [-0.25, -0.2) is 0 Å². The van der Waals surface area contributed by atoms with Crippen LogP contribution in [0, 0.1) is 20.8 Å². The van der Waals surface area contributed by atoms with Crippen molar-refractivity contribution in [1.29, 1.82) is 0 Å². The summed E-state index contributed by atoms with van der Waals surface area (Å²) < 4.78 is 0. The molecule has 0 aliphatic carbocycles. The van der Waals surface area contributed by atoms with Crippen molar-refractivity contribution < 1.29 is 0 Å². The summed E-state index contributed by atoms with van der Waals surface area (Å²) >= 11 is 6.18. The van der Waals surface area contributed by atoms with Crippen LogP contribution in [-0.2, 0) is 6.42 Å². The number of aromatic nitrogens is 1. The standard InChI is InChI=1S/C28H27ClN2/c1-5-21-16-24(29)8-11-26(21)27-17-23(12-13-30-27)22-6-9-25(10-7-22)31-28-19(3)14-18(2)15-20(28)4/h6-17,31H,5H2,1-4H3. The fraction of sp³-hybridized carbons (Fsp3) is 0.179. The van der Waals surface area contributed by atoms with E-state index >= 15 is 0 Å². The molecule has 156 valence electrons. The number of hydrogen-bond acceptors (Lipinski definition) is 2. The van der Waals surface area contributed by atoms with Crippen molar-refractivity contribution in [2.75, 3.05) is 5.32 Å². The van der Waals surface area contributed by atoms with E-state index < -0.39 is 0 Å². The van der Waals surface area contributed by atoms with E-state index in [1.54, 1.807) is 0 Å². The maximum atomic E-state index is 6.18. The van der Waals surface area contributed by atoms with Gasteiger partial charge in [0.15, 0.2) is 0 Å². The number of halogens is 1. The molecular weight excluding hydrogens is 400 g/mol. The highest BCUT2D eigenvalue weighted by atomic mass is 35.5. The lowest BCUT2D eigenvalue weighted by molar-refractivity contribution is 1.13. The summed E-state index contributed by atoms with van der Waals surface area (Å²) in [6.07, 6.45) is 2.80. The molecule has 1 aromatic heterocycles. The first kappa shape index (κ1) is 21.1. The third kappa shape index (κ3) is 4.65. The van der Waals surface area contributed by atoms with Gasteiger partial charge in [0.25, 0.3) is 0 Å². The van der Waals surface area contributed by atoms with Crippen LogP contribution in [0.25, 0.3) is 22.4 Å². The van der Waals surface area contributed by atoms with Gasteiger partial charge < -0.3 is 5.32 Å². The van der Waals surface area contributed by atoms with Crippen LogP contribution in [0.4, 0.5) is 11.4 Å². The number of nitrogens with zero attached hydrogens (tertiary/aromatic N) is 1. The normalized spacial score (nSPS) is 10.9. The van der Waals surface area contributed by atoms with Crippen molar-refractivity contribution in [2.45, 2.75) is 34.1 Å². The van der Waals surface area contributed by atoms with Gasteiger partial charge in [-0.05, 0) is 91.4 Å². The molecule has 0 bridgehead atoms. The molecule has 0 saturated heterocycles.